The van der Waals surface area contributed by atoms with E-state index in [4.69, 9.17) is 9.47 Å². The maximum atomic E-state index is 12.8. The van der Waals surface area contributed by atoms with Crippen LogP contribution in [0.3, 0.4) is 0 Å². The molecule has 1 amide bonds. The van der Waals surface area contributed by atoms with E-state index in [1.807, 2.05) is 58.9 Å². The van der Waals surface area contributed by atoms with Gasteiger partial charge in [0.15, 0.2) is 6.10 Å². The largest absolute Gasteiger partial charge is 0.487 e. The number of rotatable bonds is 4. The summed E-state index contributed by atoms with van der Waals surface area (Å²) in [6, 6.07) is 12.0. The minimum atomic E-state index is -0.578. The minimum Gasteiger partial charge on any atom is -0.487 e. The van der Waals surface area contributed by atoms with Gasteiger partial charge >= 0.3 is 0 Å². The van der Waals surface area contributed by atoms with Crippen LogP contribution in [-0.2, 0) is 4.79 Å². The van der Waals surface area contributed by atoms with E-state index in [-0.39, 0.29) is 17.6 Å². The Morgan fingerprint density at radius 3 is 2.44 bits per heavy atom. The second-order valence-corrected chi connectivity index (χ2v) is 8.25. The second-order valence-electron chi connectivity index (χ2n) is 8.25. The lowest BCUT2D eigenvalue weighted by Gasteiger charge is -2.38. The van der Waals surface area contributed by atoms with Crippen molar-refractivity contribution in [2.24, 2.45) is 0 Å². The molecule has 4 nitrogen and oxygen atoms in total. The molecule has 3 rings (SSSR count). The standard InChI is InChI=1S/C23H29NO3/c1-14-7-8-19-20(13-23(5,6)27-21(19)12-14)24-22(25)17(4)26-18-10-15(2)9-16(3)11-18/h7-12,17,20H,13H2,1-6H3,(H,24,25)/t17-,20+/m0/s1. The molecule has 0 radical (unpaired) electrons. The molecule has 144 valence electrons. The number of fused-ring (bicyclic) bond motifs is 1. The third kappa shape index (κ3) is 4.62. The summed E-state index contributed by atoms with van der Waals surface area (Å²) < 4.78 is 12.0. The van der Waals surface area contributed by atoms with E-state index in [0.29, 0.717) is 6.42 Å². The first kappa shape index (κ1) is 19.3. The number of hydrogen-bond acceptors (Lipinski definition) is 3. The SMILES string of the molecule is Cc1cc(C)cc(O[C@@H](C)C(=O)N[C@@H]2CC(C)(C)Oc3cc(C)ccc32)c1. The first-order valence-corrected chi connectivity index (χ1v) is 9.48. The van der Waals surface area contributed by atoms with Crippen LogP contribution in [0.4, 0.5) is 0 Å². The molecule has 1 heterocycles. The van der Waals surface area contributed by atoms with Crippen molar-refractivity contribution in [3.63, 3.8) is 0 Å². The molecule has 1 aliphatic heterocycles. The van der Waals surface area contributed by atoms with E-state index in [1.165, 1.54) is 0 Å². The quantitative estimate of drug-likeness (QED) is 0.844. The summed E-state index contributed by atoms with van der Waals surface area (Å²) in [6.45, 7) is 12.0. The average Bonchev–Trinajstić information content (AvgIpc) is 2.52. The zero-order chi connectivity index (χ0) is 19.8. The molecular weight excluding hydrogens is 338 g/mol. The van der Waals surface area contributed by atoms with Gasteiger partial charge in [0.05, 0.1) is 6.04 Å². The Morgan fingerprint density at radius 1 is 1.11 bits per heavy atom. The highest BCUT2D eigenvalue weighted by Gasteiger charge is 2.35. The summed E-state index contributed by atoms with van der Waals surface area (Å²) in [4.78, 5) is 12.8. The third-order valence-corrected chi connectivity index (χ3v) is 4.82. The van der Waals surface area contributed by atoms with Gasteiger partial charge < -0.3 is 14.8 Å². The monoisotopic (exact) mass is 367 g/mol. The number of ether oxygens (including phenoxy) is 2. The average molecular weight is 367 g/mol. The van der Waals surface area contributed by atoms with Crippen molar-refractivity contribution in [2.75, 3.05) is 0 Å². The Bertz CT molecular complexity index is 836. The van der Waals surface area contributed by atoms with Crippen molar-refractivity contribution in [2.45, 2.75) is 65.7 Å². The molecule has 0 aromatic heterocycles. The van der Waals surface area contributed by atoms with E-state index in [2.05, 4.69) is 17.4 Å². The normalized spacial score (nSPS) is 18.8. The van der Waals surface area contributed by atoms with Crippen LogP contribution in [0.2, 0.25) is 0 Å². The van der Waals surface area contributed by atoms with E-state index in [0.717, 1.165) is 33.8 Å². The predicted molar refractivity (Wildman–Crippen MR) is 107 cm³/mol. The van der Waals surface area contributed by atoms with Gasteiger partial charge in [0, 0.05) is 12.0 Å². The second kappa shape index (κ2) is 7.26. The molecule has 0 saturated carbocycles. The fourth-order valence-corrected chi connectivity index (χ4v) is 3.64. The number of carbonyl (C=O) groups is 1. The fraction of sp³-hybridized carbons (Fsp3) is 0.435. The Morgan fingerprint density at radius 2 is 1.78 bits per heavy atom. The number of nitrogens with one attached hydrogen (secondary N) is 1. The molecule has 2 aromatic rings. The lowest BCUT2D eigenvalue weighted by molar-refractivity contribution is -0.128. The van der Waals surface area contributed by atoms with Crippen LogP contribution < -0.4 is 14.8 Å². The number of benzene rings is 2. The van der Waals surface area contributed by atoms with Crippen molar-refractivity contribution >= 4 is 5.91 Å². The van der Waals surface area contributed by atoms with Crippen LogP contribution in [0.5, 0.6) is 11.5 Å². The van der Waals surface area contributed by atoms with Crippen molar-refractivity contribution in [3.05, 3.63) is 58.7 Å². The van der Waals surface area contributed by atoms with Crippen LogP contribution in [-0.4, -0.2) is 17.6 Å². The molecule has 1 aliphatic rings. The number of carbonyl (C=O) groups excluding carboxylic acids is 1. The third-order valence-electron chi connectivity index (χ3n) is 4.82. The number of aryl methyl sites for hydroxylation is 3. The van der Waals surface area contributed by atoms with Crippen LogP contribution >= 0.6 is 0 Å². The van der Waals surface area contributed by atoms with Crippen molar-refractivity contribution in [3.8, 4) is 11.5 Å². The fourth-order valence-electron chi connectivity index (χ4n) is 3.64. The zero-order valence-corrected chi connectivity index (χ0v) is 17.1. The summed E-state index contributed by atoms with van der Waals surface area (Å²) in [5.74, 6) is 1.45. The molecule has 27 heavy (non-hydrogen) atoms. The molecule has 2 atom stereocenters. The van der Waals surface area contributed by atoms with Gasteiger partial charge in [0.25, 0.3) is 5.91 Å². The van der Waals surface area contributed by atoms with E-state index >= 15 is 0 Å². The molecular formula is C23H29NO3. The molecule has 0 bridgehead atoms. The predicted octanol–water partition coefficient (Wildman–Crippen LogP) is 4.80. The van der Waals surface area contributed by atoms with Crippen LogP contribution in [0.15, 0.2) is 36.4 Å². The Labute approximate surface area is 161 Å². The number of hydrogen-bond donors (Lipinski definition) is 1. The van der Waals surface area contributed by atoms with Crippen LogP contribution in [0.25, 0.3) is 0 Å². The first-order valence-electron chi connectivity index (χ1n) is 9.48. The van der Waals surface area contributed by atoms with Gasteiger partial charge in [-0.05, 0) is 76.4 Å². The highest BCUT2D eigenvalue weighted by atomic mass is 16.5. The van der Waals surface area contributed by atoms with Gasteiger partial charge in [-0.15, -0.1) is 0 Å². The molecule has 2 aromatic carbocycles. The van der Waals surface area contributed by atoms with Gasteiger partial charge in [0.2, 0.25) is 0 Å². The summed E-state index contributed by atoms with van der Waals surface area (Å²) in [5, 5.41) is 3.16. The summed E-state index contributed by atoms with van der Waals surface area (Å²) in [6.07, 6.45) is 0.136. The van der Waals surface area contributed by atoms with Gasteiger partial charge in [-0.25, -0.2) is 0 Å². The molecule has 0 saturated heterocycles. The van der Waals surface area contributed by atoms with Crippen molar-refractivity contribution < 1.29 is 14.3 Å². The van der Waals surface area contributed by atoms with Gasteiger partial charge in [-0.1, -0.05) is 18.2 Å². The highest BCUT2D eigenvalue weighted by molar-refractivity contribution is 5.81. The topological polar surface area (TPSA) is 47.6 Å². The first-order chi connectivity index (χ1) is 12.6. The molecule has 1 N–H and O–H groups in total. The maximum absolute atomic E-state index is 12.8. The molecule has 0 aliphatic carbocycles. The van der Waals surface area contributed by atoms with E-state index in [9.17, 15) is 4.79 Å². The van der Waals surface area contributed by atoms with E-state index in [1.54, 1.807) is 6.92 Å². The summed E-state index contributed by atoms with van der Waals surface area (Å²) >= 11 is 0. The summed E-state index contributed by atoms with van der Waals surface area (Å²) in [5.41, 5.74) is 4.06. The van der Waals surface area contributed by atoms with Crippen molar-refractivity contribution in [1.82, 2.24) is 5.32 Å². The maximum Gasteiger partial charge on any atom is 0.261 e. The Balaban J connectivity index is 1.75. The Hall–Kier alpha value is -2.49. The van der Waals surface area contributed by atoms with Gasteiger partial charge in [-0.2, -0.15) is 0 Å². The lowest BCUT2D eigenvalue weighted by atomic mass is 9.89. The van der Waals surface area contributed by atoms with E-state index < -0.39 is 6.10 Å². The van der Waals surface area contributed by atoms with Crippen LogP contribution in [0, 0.1) is 20.8 Å². The Kier molecular flexibility index (Phi) is 5.18. The van der Waals surface area contributed by atoms with Gasteiger partial charge in [0.1, 0.15) is 17.1 Å². The molecule has 0 unspecified atom stereocenters. The lowest BCUT2D eigenvalue weighted by Crippen LogP contribution is -2.44. The van der Waals surface area contributed by atoms with Crippen molar-refractivity contribution in [1.29, 1.82) is 0 Å². The van der Waals surface area contributed by atoms with Crippen LogP contribution in [0.1, 0.15) is 55.5 Å². The van der Waals surface area contributed by atoms with Gasteiger partial charge in [-0.3, -0.25) is 4.79 Å². The zero-order valence-electron chi connectivity index (χ0n) is 17.1. The molecule has 0 spiro atoms. The highest BCUT2D eigenvalue weighted by Crippen LogP contribution is 2.40. The molecule has 4 heteroatoms. The smallest absolute Gasteiger partial charge is 0.261 e. The molecule has 0 fully saturated rings. The summed E-state index contributed by atoms with van der Waals surface area (Å²) in [7, 11) is 0. The minimum absolute atomic E-state index is 0.0952. The number of amides is 1.